The molecule has 1 N–H and O–H groups in total. The van der Waals surface area contributed by atoms with E-state index in [9.17, 15) is 4.79 Å². The van der Waals surface area contributed by atoms with Crippen LogP contribution < -0.4 is 4.90 Å². The number of fused-ring (bicyclic) bond motifs is 3. The number of para-hydroxylation sites is 1. The average molecular weight is 453 g/mol. The lowest BCUT2D eigenvalue weighted by molar-refractivity contribution is -0.133. The van der Waals surface area contributed by atoms with Gasteiger partial charge in [-0.3, -0.25) is 9.69 Å². The molecule has 0 unspecified atom stereocenters. The molecule has 0 bridgehead atoms. The zero-order valence-corrected chi connectivity index (χ0v) is 18.0. The quantitative estimate of drug-likeness (QED) is 0.659. The van der Waals surface area contributed by atoms with E-state index in [-0.39, 0.29) is 5.91 Å². The summed E-state index contributed by atoms with van der Waals surface area (Å²) in [5, 5.41) is 1.23. The number of hydrogen-bond acceptors (Lipinski definition) is 3. The molecule has 1 fully saturated rings. The lowest BCUT2D eigenvalue weighted by Gasteiger charge is -2.37. The van der Waals surface area contributed by atoms with Crippen LogP contribution in [0.15, 0.2) is 53.0 Å². The molecular weight excluding hydrogens is 428 g/mol. The van der Waals surface area contributed by atoms with Crippen LogP contribution in [0.2, 0.25) is 0 Å². The molecule has 2 aliphatic heterocycles. The van der Waals surface area contributed by atoms with Crippen molar-refractivity contribution in [3.8, 4) is 0 Å². The standard InChI is InChI=1S/C23H25BrN4O/c24-17-6-7-21-19(14-17)20-15-28(9-8-22(20)25-21)23(29)16-26-10-12-27(13-11-26)18-4-2-1-3-5-18/h1-7,14,25H,8-13,15-16H2. The summed E-state index contributed by atoms with van der Waals surface area (Å²) in [4.78, 5) is 23.3. The second kappa shape index (κ2) is 7.84. The Bertz CT molecular complexity index is 1020. The van der Waals surface area contributed by atoms with E-state index in [1.807, 2.05) is 4.90 Å². The van der Waals surface area contributed by atoms with Gasteiger partial charge in [0.05, 0.1) is 6.54 Å². The van der Waals surface area contributed by atoms with Gasteiger partial charge < -0.3 is 14.8 Å². The topological polar surface area (TPSA) is 42.6 Å². The summed E-state index contributed by atoms with van der Waals surface area (Å²) in [6, 6.07) is 16.9. The van der Waals surface area contributed by atoms with Gasteiger partial charge in [-0.1, -0.05) is 34.1 Å². The molecule has 2 aliphatic rings. The Hall–Kier alpha value is -2.31. The normalized spacial score (nSPS) is 17.6. The van der Waals surface area contributed by atoms with Crippen LogP contribution in [0.5, 0.6) is 0 Å². The fraction of sp³-hybridized carbons (Fsp3) is 0.348. The molecule has 5 nitrogen and oxygen atoms in total. The average Bonchev–Trinajstić information content (AvgIpc) is 3.12. The van der Waals surface area contributed by atoms with Crippen LogP contribution in [-0.4, -0.2) is 60.0 Å². The third kappa shape index (κ3) is 3.79. The Morgan fingerprint density at radius 3 is 2.59 bits per heavy atom. The van der Waals surface area contributed by atoms with Gasteiger partial charge in [0.2, 0.25) is 5.91 Å². The fourth-order valence-corrected chi connectivity index (χ4v) is 4.85. The third-order valence-electron chi connectivity index (χ3n) is 6.14. The SMILES string of the molecule is O=C(CN1CCN(c2ccccc2)CC1)N1CCc2[nH]c3ccc(Br)cc3c2C1. The summed E-state index contributed by atoms with van der Waals surface area (Å²) in [6.07, 6.45) is 0.898. The number of rotatable bonds is 3. The first kappa shape index (κ1) is 18.7. The maximum atomic E-state index is 13.0. The maximum Gasteiger partial charge on any atom is 0.237 e. The van der Waals surface area contributed by atoms with E-state index in [0.717, 1.165) is 49.1 Å². The Kier molecular flexibility index (Phi) is 5.06. The highest BCUT2D eigenvalue weighted by Crippen LogP contribution is 2.30. The fourth-order valence-electron chi connectivity index (χ4n) is 4.49. The van der Waals surface area contributed by atoms with E-state index in [1.165, 1.54) is 22.3 Å². The monoisotopic (exact) mass is 452 g/mol. The molecule has 5 rings (SSSR count). The summed E-state index contributed by atoms with van der Waals surface area (Å²) in [5.74, 6) is 0.244. The van der Waals surface area contributed by atoms with E-state index >= 15 is 0 Å². The molecule has 150 valence electrons. The second-order valence-electron chi connectivity index (χ2n) is 7.94. The van der Waals surface area contributed by atoms with Crippen molar-refractivity contribution in [2.75, 3.05) is 44.2 Å². The summed E-state index contributed by atoms with van der Waals surface area (Å²) in [5.41, 5.74) is 4.98. The van der Waals surface area contributed by atoms with E-state index in [1.54, 1.807) is 0 Å². The molecule has 3 heterocycles. The molecule has 0 radical (unpaired) electrons. The third-order valence-corrected chi connectivity index (χ3v) is 6.64. The number of aromatic nitrogens is 1. The molecule has 29 heavy (non-hydrogen) atoms. The van der Waals surface area contributed by atoms with Gasteiger partial charge in [-0.2, -0.15) is 0 Å². The zero-order chi connectivity index (χ0) is 19.8. The number of hydrogen-bond donors (Lipinski definition) is 1. The lowest BCUT2D eigenvalue weighted by atomic mass is 10.0. The van der Waals surface area contributed by atoms with Crippen LogP contribution in [0, 0.1) is 0 Å². The first-order valence-electron chi connectivity index (χ1n) is 10.3. The number of piperazine rings is 1. The molecular formula is C23H25BrN4O. The van der Waals surface area contributed by atoms with Crippen LogP contribution in [0.4, 0.5) is 5.69 Å². The Balaban J connectivity index is 1.21. The van der Waals surface area contributed by atoms with Crippen molar-refractivity contribution in [1.82, 2.24) is 14.8 Å². The molecule has 1 aromatic heterocycles. The van der Waals surface area contributed by atoms with Crippen LogP contribution in [0.25, 0.3) is 10.9 Å². The number of benzene rings is 2. The molecule has 6 heteroatoms. The molecule has 0 spiro atoms. The van der Waals surface area contributed by atoms with Gasteiger partial charge in [0.15, 0.2) is 0 Å². The highest BCUT2D eigenvalue weighted by molar-refractivity contribution is 9.10. The molecule has 1 amide bonds. The van der Waals surface area contributed by atoms with Crippen molar-refractivity contribution < 1.29 is 4.79 Å². The van der Waals surface area contributed by atoms with Gasteiger partial charge in [-0.05, 0) is 30.3 Å². The van der Waals surface area contributed by atoms with Crippen molar-refractivity contribution in [1.29, 1.82) is 0 Å². The van der Waals surface area contributed by atoms with Crippen LogP contribution in [0.3, 0.4) is 0 Å². The smallest absolute Gasteiger partial charge is 0.237 e. The van der Waals surface area contributed by atoms with Gasteiger partial charge in [-0.15, -0.1) is 0 Å². The number of anilines is 1. The number of nitrogens with one attached hydrogen (secondary N) is 1. The Labute approximate surface area is 179 Å². The van der Waals surface area contributed by atoms with Gasteiger partial charge >= 0.3 is 0 Å². The van der Waals surface area contributed by atoms with E-state index in [4.69, 9.17) is 0 Å². The largest absolute Gasteiger partial charge is 0.369 e. The highest BCUT2D eigenvalue weighted by atomic mass is 79.9. The zero-order valence-electron chi connectivity index (χ0n) is 16.4. The predicted octanol–water partition coefficient (Wildman–Crippen LogP) is 3.64. The lowest BCUT2D eigenvalue weighted by Crippen LogP contribution is -2.50. The maximum absolute atomic E-state index is 13.0. The Morgan fingerprint density at radius 1 is 1.00 bits per heavy atom. The first-order valence-corrected chi connectivity index (χ1v) is 11.1. The number of amides is 1. The highest BCUT2D eigenvalue weighted by Gasteiger charge is 2.26. The Morgan fingerprint density at radius 2 is 1.79 bits per heavy atom. The number of halogens is 1. The minimum atomic E-state index is 0.244. The van der Waals surface area contributed by atoms with Crippen molar-refractivity contribution in [3.63, 3.8) is 0 Å². The summed E-state index contributed by atoms with van der Waals surface area (Å²) >= 11 is 3.57. The minimum absolute atomic E-state index is 0.244. The number of nitrogens with zero attached hydrogens (tertiary/aromatic N) is 3. The molecule has 0 saturated carbocycles. The first-order chi connectivity index (χ1) is 14.2. The number of carbonyl (C=O) groups excluding carboxylic acids is 1. The molecule has 2 aromatic carbocycles. The van der Waals surface area contributed by atoms with Crippen LogP contribution in [0.1, 0.15) is 11.3 Å². The van der Waals surface area contributed by atoms with Crippen molar-refractivity contribution >= 4 is 38.4 Å². The van der Waals surface area contributed by atoms with Gasteiger partial charge in [0, 0.05) is 78.0 Å². The van der Waals surface area contributed by atoms with Crippen molar-refractivity contribution in [3.05, 3.63) is 64.3 Å². The van der Waals surface area contributed by atoms with Crippen LogP contribution in [-0.2, 0) is 17.8 Å². The molecule has 1 saturated heterocycles. The summed E-state index contributed by atoms with van der Waals surface area (Å²) < 4.78 is 1.08. The molecule has 0 aliphatic carbocycles. The van der Waals surface area contributed by atoms with E-state index in [0.29, 0.717) is 13.1 Å². The van der Waals surface area contributed by atoms with Gasteiger partial charge in [-0.25, -0.2) is 0 Å². The van der Waals surface area contributed by atoms with Crippen molar-refractivity contribution in [2.45, 2.75) is 13.0 Å². The predicted molar refractivity (Wildman–Crippen MR) is 120 cm³/mol. The van der Waals surface area contributed by atoms with E-state index in [2.05, 4.69) is 79.2 Å². The second-order valence-corrected chi connectivity index (χ2v) is 8.85. The van der Waals surface area contributed by atoms with Gasteiger partial charge in [0.25, 0.3) is 0 Å². The van der Waals surface area contributed by atoms with E-state index < -0.39 is 0 Å². The minimum Gasteiger partial charge on any atom is -0.369 e. The summed E-state index contributed by atoms with van der Waals surface area (Å²) in [7, 11) is 0. The molecule has 3 aromatic rings. The van der Waals surface area contributed by atoms with Crippen molar-refractivity contribution in [2.24, 2.45) is 0 Å². The van der Waals surface area contributed by atoms with Crippen LogP contribution >= 0.6 is 15.9 Å². The molecule has 0 atom stereocenters. The summed E-state index contributed by atoms with van der Waals surface area (Å²) in [6.45, 7) is 5.82. The number of H-pyrrole nitrogens is 1. The van der Waals surface area contributed by atoms with Gasteiger partial charge in [0.1, 0.15) is 0 Å². The number of aromatic amines is 1. The number of carbonyl (C=O) groups is 1.